The van der Waals surface area contributed by atoms with Gasteiger partial charge in [-0.15, -0.1) is 6.54 Å². The summed E-state index contributed by atoms with van der Waals surface area (Å²) >= 11 is 0. The molecule has 2 nitrogen and oxygen atoms in total. The normalized spacial score (nSPS) is 9.00. The molecule has 0 aromatic carbocycles. The van der Waals surface area contributed by atoms with Crippen LogP contribution in [0.3, 0.4) is 0 Å². The summed E-state index contributed by atoms with van der Waals surface area (Å²) in [4.78, 5) is 2.12. The molecule has 0 N–H and O–H groups in total. The standard InChI is InChI=1S/C5H13N2.Rh/c1-6-4-5-7(2)3;/h4-5H2,1-3H3;/q-1;. The van der Waals surface area contributed by atoms with Crippen LogP contribution >= 0.6 is 0 Å². The van der Waals surface area contributed by atoms with Crippen molar-refractivity contribution in [1.82, 2.24) is 4.90 Å². The number of nitrogens with zero attached hydrogens (tertiary/aromatic N) is 2. The van der Waals surface area contributed by atoms with Crippen LogP contribution in [0.25, 0.3) is 5.32 Å². The van der Waals surface area contributed by atoms with Crippen LogP contribution in [-0.4, -0.2) is 39.1 Å². The molecule has 0 spiro atoms. The quantitative estimate of drug-likeness (QED) is 0.613. The zero-order valence-electron chi connectivity index (χ0n) is 5.64. The molecule has 53 valence electrons. The van der Waals surface area contributed by atoms with Crippen molar-refractivity contribution in [3.05, 3.63) is 5.32 Å². The molecular weight excluding hydrogens is 191 g/mol. The zero-order chi connectivity index (χ0) is 5.70. The summed E-state index contributed by atoms with van der Waals surface area (Å²) in [6.07, 6.45) is 0. The molecule has 0 atom stereocenters. The van der Waals surface area contributed by atoms with E-state index < -0.39 is 0 Å². The minimum Gasteiger partial charge on any atom is -0.664 e. The van der Waals surface area contributed by atoms with E-state index in [0.717, 1.165) is 13.1 Å². The Morgan fingerprint density at radius 3 is 2.00 bits per heavy atom. The first-order valence-electron chi connectivity index (χ1n) is 2.47. The predicted octanol–water partition coefficient (Wildman–Crippen LogP) is 0.549. The van der Waals surface area contributed by atoms with E-state index in [1.165, 1.54) is 0 Å². The van der Waals surface area contributed by atoms with Crippen LogP contribution in [0, 0.1) is 0 Å². The summed E-state index contributed by atoms with van der Waals surface area (Å²) in [6, 6.07) is 0. The maximum atomic E-state index is 3.93. The van der Waals surface area contributed by atoms with Gasteiger partial charge >= 0.3 is 0 Å². The average molecular weight is 204 g/mol. The second-order valence-corrected chi connectivity index (χ2v) is 1.84. The van der Waals surface area contributed by atoms with E-state index in [1.807, 2.05) is 21.1 Å². The third-order valence-corrected chi connectivity index (χ3v) is 0.771. The average Bonchev–Trinajstić information content (AvgIpc) is 1.61. The molecule has 0 saturated heterocycles. The maximum absolute atomic E-state index is 3.93. The molecule has 0 aliphatic rings. The third-order valence-electron chi connectivity index (χ3n) is 0.771. The van der Waals surface area contributed by atoms with Crippen molar-refractivity contribution >= 4 is 0 Å². The molecule has 3 heteroatoms. The minimum atomic E-state index is 0. The molecule has 0 fully saturated rings. The number of hydrogen-bond acceptors (Lipinski definition) is 1. The first-order chi connectivity index (χ1) is 3.27. The summed E-state index contributed by atoms with van der Waals surface area (Å²) in [5.74, 6) is 0. The van der Waals surface area contributed by atoms with Crippen molar-refractivity contribution in [2.45, 2.75) is 0 Å². The molecule has 0 aromatic rings. The van der Waals surface area contributed by atoms with Crippen LogP contribution in [0.4, 0.5) is 0 Å². The van der Waals surface area contributed by atoms with E-state index in [0.29, 0.717) is 0 Å². The largest absolute Gasteiger partial charge is 0.664 e. The van der Waals surface area contributed by atoms with Crippen LogP contribution in [0.1, 0.15) is 0 Å². The van der Waals surface area contributed by atoms with Crippen molar-refractivity contribution in [3.8, 4) is 0 Å². The van der Waals surface area contributed by atoms with E-state index in [9.17, 15) is 0 Å². The molecule has 0 aliphatic heterocycles. The molecule has 0 aliphatic carbocycles. The van der Waals surface area contributed by atoms with Crippen molar-refractivity contribution in [1.29, 1.82) is 0 Å². The zero-order valence-corrected chi connectivity index (χ0v) is 7.28. The second-order valence-electron chi connectivity index (χ2n) is 1.84. The Morgan fingerprint density at radius 2 is 1.88 bits per heavy atom. The van der Waals surface area contributed by atoms with E-state index in [1.54, 1.807) is 0 Å². The smallest absolute Gasteiger partial charge is 0 e. The molecule has 0 bridgehead atoms. The molecule has 1 radical (unpaired) electrons. The SMILES string of the molecule is C[N-]CCN(C)C.[Rh]. The van der Waals surface area contributed by atoms with E-state index in [-0.39, 0.29) is 19.5 Å². The number of rotatable bonds is 3. The van der Waals surface area contributed by atoms with Gasteiger partial charge in [0.2, 0.25) is 0 Å². The van der Waals surface area contributed by atoms with Gasteiger partial charge < -0.3 is 10.2 Å². The summed E-state index contributed by atoms with van der Waals surface area (Å²) in [5, 5.41) is 3.93. The Labute approximate surface area is 64.4 Å². The Morgan fingerprint density at radius 1 is 1.38 bits per heavy atom. The molecule has 8 heavy (non-hydrogen) atoms. The fourth-order valence-electron chi connectivity index (χ4n) is 0.300. The maximum Gasteiger partial charge on any atom is 0 e. The molecule has 0 saturated carbocycles. The summed E-state index contributed by atoms with van der Waals surface area (Å²) < 4.78 is 0. The predicted molar refractivity (Wildman–Crippen MR) is 32.7 cm³/mol. The van der Waals surface area contributed by atoms with Gasteiger partial charge in [0.1, 0.15) is 0 Å². The molecule has 0 amide bonds. The minimum absolute atomic E-state index is 0. The number of hydrogen-bond donors (Lipinski definition) is 0. The van der Waals surface area contributed by atoms with Gasteiger partial charge in [-0.2, -0.15) is 7.05 Å². The molecule has 0 aromatic heterocycles. The van der Waals surface area contributed by atoms with Crippen LogP contribution < -0.4 is 0 Å². The van der Waals surface area contributed by atoms with Gasteiger partial charge in [-0.25, -0.2) is 0 Å². The second kappa shape index (κ2) is 7.54. The van der Waals surface area contributed by atoms with Gasteiger partial charge in [-0.1, -0.05) is 0 Å². The van der Waals surface area contributed by atoms with Crippen LogP contribution in [0.2, 0.25) is 0 Å². The van der Waals surface area contributed by atoms with Crippen LogP contribution in [-0.2, 0) is 19.5 Å². The fraction of sp³-hybridized carbons (Fsp3) is 1.00. The van der Waals surface area contributed by atoms with Gasteiger partial charge in [0.05, 0.1) is 0 Å². The summed E-state index contributed by atoms with van der Waals surface area (Å²) in [7, 11) is 5.93. The fourth-order valence-corrected chi connectivity index (χ4v) is 0.300. The van der Waals surface area contributed by atoms with Crippen molar-refractivity contribution < 1.29 is 19.5 Å². The monoisotopic (exact) mass is 204 g/mol. The Hall–Kier alpha value is 0.543. The van der Waals surface area contributed by atoms with Gasteiger partial charge in [-0.05, 0) is 20.6 Å². The topological polar surface area (TPSA) is 17.3 Å². The number of likely N-dealkylation sites (N-methyl/N-ethyl adjacent to an activating group) is 2. The van der Waals surface area contributed by atoms with E-state index >= 15 is 0 Å². The first kappa shape index (κ1) is 11.4. The van der Waals surface area contributed by atoms with Crippen LogP contribution in [0.5, 0.6) is 0 Å². The van der Waals surface area contributed by atoms with Gasteiger partial charge in [0.15, 0.2) is 0 Å². The first-order valence-corrected chi connectivity index (χ1v) is 2.47. The van der Waals surface area contributed by atoms with E-state index in [2.05, 4.69) is 10.2 Å². The van der Waals surface area contributed by atoms with Crippen molar-refractivity contribution in [3.63, 3.8) is 0 Å². The van der Waals surface area contributed by atoms with Gasteiger partial charge in [0.25, 0.3) is 0 Å². The van der Waals surface area contributed by atoms with Crippen molar-refractivity contribution in [2.75, 3.05) is 34.2 Å². The van der Waals surface area contributed by atoms with Crippen LogP contribution in [0.15, 0.2) is 0 Å². The summed E-state index contributed by atoms with van der Waals surface area (Å²) in [6.45, 7) is 2.02. The molecule has 0 heterocycles. The Bertz CT molecular complexity index is 39.4. The van der Waals surface area contributed by atoms with Crippen molar-refractivity contribution in [2.24, 2.45) is 0 Å². The molecule has 0 unspecified atom stereocenters. The molecular formula is C5H13N2Rh-. The Balaban J connectivity index is 0. The van der Waals surface area contributed by atoms with Gasteiger partial charge in [-0.3, -0.25) is 0 Å². The molecule has 0 rings (SSSR count). The summed E-state index contributed by atoms with van der Waals surface area (Å²) in [5.41, 5.74) is 0. The van der Waals surface area contributed by atoms with E-state index in [4.69, 9.17) is 0 Å². The van der Waals surface area contributed by atoms with Gasteiger partial charge in [0, 0.05) is 19.5 Å². The Kier molecular flexibility index (Phi) is 10.7. The third kappa shape index (κ3) is 9.74.